The summed E-state index contributed by atoms with van der Waals surface area (Å²) in [5.41, 5.74) is 3.90. The maximum Gasteiger partial charge on any atom is 0.231 e. The second-order valence-corrected chi connectivity index (χ2v) is 8.18. The largest absolute Gasteiger partial charge is 0.497 e. The van der Waals surface area contributed by atoms with Crippen LogP contribution in [0, 0.1) is 5.82 Å². The molecular weight excluding hydrogens is 443 g/mol. The fourth-order valence-electron chi connectivity index (χ4n) is 4.14. The molecule has 0 saturated heterocycles. The molecule has 7 heteroatoms. The van der Waals surface area contributed by atoms with Gasteiger partial charge < -0.3 is 14.6 Å². The van der Waals surface area contributed by atoms with E-state index in [0.717, 1.165) is 27.6 Å². The minimum absolute atomic E-state index is 0.126. The monoisotopic (exact) mass is 466 g/mol. The summed E-state index contributed by atoms with van der Waals surface area (Å²) < 4.78 is 19.4. The molecule has 0 saturated carbocycles. The van der Waals surface area contributed by atoms with Crippen molar-refractivity contribution in [3.63, 3.8) is 0 Å². The summed E-state index contributed by atoms with van der Waals surface area (Å²) in [5, 5.41) is 1.96. The van der Waals surface area contributed by atoms with Crippen molar-refractivity contribution < 1.29 is 13.9 Å². The van der Waals surface area contributed by atoms with Crippen LogP contribution in [0.5, 0.6) is 5.75 Å². The fourth-order valence-corrected chi connectivity index (χ4v) is 4.14. The number of pyridine rings is 1. The molecular formula is C28H23FN4O2. The van der Waals surface area contributed by atoms with Crippen LogP contribution in [0.15, 0.2) is 91.6 Å². The van der Waals surface area contributed by atoms with E-state index >= 15 is 0 Å². The minimum atomic E-state index is -0.418. The van der Waals surface area contributed by atoms with Gasteiger partial charge in [-0.25, -0.2) is 9.37 Å². The molecule has 6 nitrogen and oxygen atoms in total. The predicted molar refractivity (Wildman–Crippen MR) is 134 cm³/mol. The van der Waals surface area contributed by atoms with Crippen molar-refractivity contribution >= 4 is 22.4 Å². The second kappa shape index (κ2) is 9.77. The fraction of sp³-hybridized carbons (Fsp3) is 0.107. The van der Waals surface area contributed by atoms with Crippen molar-refractivity contribution in [1.82, 2.24) is 15.0 Å². The van der Waals surface area contributed by atoms with E-state index in [1.165, 1.54) is 19.2 Å². The lowest BCUT2D eigenvalue weighted by atomic mass is 10.0. The first kappa shape index (κ1) is 22.3. The number of benzene rings is 3. The molecule has 0 unspecified atom stereocenters. The number of fused-ring (bicyclic) bond motifs is 1. The first-order chi connectivity index (χ1) is 17.1. The number of nitrogens with zero attached hydrogens (tertiary/aromatic N) is 3. The lowest BCUT2D eigenvalue weighted by molar-refractivity contribution is -0.118. The Morgan fingerprint density at radius 2 is 1.89 bits per heavy atom. The molecule has 2 aromatic heterocycles. The topological polar surface area (TPSA) is 71.1 Å². The molecule has 0 atom stereocenters. The van der Waals surface area contributed by atoms with Crippen molar-refractivity contribution in [3.05, 3.63) is 109 Å². The number of imidazole rings is 1. The number of nitrogens with one attached hydrogen (secondary N) is 1. The minimum Gasteiger partial charge on any atom is -0.497 e. The third-order valence-electron chi connectivity index (χ3n) is 5.87. The number of H-pyrrole nitrogens is 1. The van der Waals surface area contributed by atoms with Crippen LogP contribution in [0.4, 0.5) is 10.1 Å². The van der Waals surface area contributed by atoms with Gasteiger partial charge in [-0.1, -0.05) is 36.4 Å². The van der Waals surface area contributed by atoms with E-state index in [0.29, 0.717) is 17.0 Å². The molecule has 0 aliphatic heterocycles. The normalized spacial score (nSPS) is 10.9. The van der Waals surface area contributed by atoms with E-state index in [9.17, 15) is 9.18 Å². The molecule has 5 rings (SSSR count). The standard InChI is InChI=1S/C28H23FN4O2/c1-35-25-11-19(10-23(29)13-25)17-33(24-8-6-20(7-9-24)27-16-31-18-32-27)28(34)12-22-15-30-14-21-4-2-3-5-26(21)22/h2-11,13-16,18H,12,17H2,1H3,(H,31,32). The number of methoxy groups -OCH3 is 1. The van der Waals surface area contributed by atoms with Gasteiger partial charge in [-0.2, -0.15) is 0 Å². The third kappa shape index (κ3) is 4.89. The predicted octanol–water partition coefficient (Wildman–Crippen LogP) is 5.55. The zero-order chi connectivity index (χ0) is 24.2. The number of hydrogen-bond acceptors (Lipinski definition) is 4. The molecule has 1 N–H and O–H groups in total. The second-order valence-electron chi connectivity index (χ2n) is 8.18. The highest BCUT2D eigenvalue weighted by Gasteiger charge is 2.19. The van der Waals surface area contributed by atoms with Crippen LogP contribution in [0.25, 0.3) is 22.0 Å². The highest BCUT2D eigenvalue weighted by atomic mass is 19.1. The van der Waals surface area contributed by atoms with E-state index in [2.05, 4.69) is 15.0 Å². The quantitative estimate of drug-likeness (QED) is 0.341. The van der Waals surface area contributed by atoms with Crippen LogP contribution in [0.3, 0.4) is 0 Å². The molecule has 0 bridgehead atoms. The lowest BCUT2D eigenvalue weighted by Crippen LogP contribution is -2.32. The Bertz CT molecular complexity index is 1460. The van der Waals surface area contributed by atoms with Crippen molar-refractivity contribution in [2.45, 2.75) is 13.0 Å². The Morgan fingerprint density at radius 3 is 2.66 bits per heavy atom. The molecule has 0 aliphatic carbocycles. The number of rotatable bonds is 7. The third-order valence-corrected chi connectivity index (χ3v) is 5.87. The first-order valence-electron chi connectivity index (χ1n) is 11.2. The van der Waals surface area contributed by atoms with E-state index in [1.54, 1.807) is 29.7 Å². The van der Waals surface area contributed by atoms with Gasteiger partial charge in [0.25, 0.3) is 0 Å². The molecule has 3 aromatic carbocycles. The van der Waals surface area contributed by atoms with Gasteiger partial charge in [-0.3, -0.25) is 9.78 Å². The van der Waals surface area contributed by atoms with Crippen LogP contribution in [-0.2, 0) is 17.8 Å². The smallest absolute Gasteiger partial charge is 0.231 e. The SMILES string of the molecule is COc1cc(F)cc(CN(C(=O)Cc2cncc3ccccc23)c2ccc(-c3c[nH]cn3)cc2)c1. The Balaban J connectivity index is 1.50. The van der Waals surface area contributed by atoms with Crippen molar-refractivity contribution in [1.29, 1.82) is 0 Å². The van der Waals surface area contributed by atoms with Gasteiger partial charge in [0.15, 0.2) is 0 Å². The van der Waals surface area contributed by atoms with Gasteiger partial charge in [0.2, 0.25) is 5.91 Å². The van der Waals surface area contributed by atoms with Gasteiger partial charge in [-0.15, -0.1) is 0 Å². The zero-order valence-electron chi connectivity index (χ0n) is 19.1. The molecule has 1 amide bonds. The summed E-state index contributed by atoms with van der Waals surface area (Å²) in [5.74, 6) is -0.141. The van der Waals surface area contributed by atoms with Gasteiger partial charge in [0, 0.05) is 41.3 Å². The number of aromatic nitrogens is 3. The molecule has 174 valence electrons. The van der Waals surface area contributed by atoms with Gasteiger partial charge in [0.1, 0.15) is 11.6 Å². The van der Waals surface area contributed by atoms with Crippen LogP contribution in [0.1, 0.15) is 11.1 Å². The van der Waals surface area contributed by atoms with E-state index in [-0.39, 0.29) is 18.9 Å². The summed E-state index contributed by atoms with van der Waals surface area (Å²) in [7, 11) is 1.49. The summed E-state index contributed by atoms with van der Waals surface area (Å²) >= 11 is 0. The summed E-state index contributed by atoms with van der Waals surface area (Å²) in [6, 6.07) is 19.9. The molecule has 35 heavy (non-hydrogen) atoms. The molecule has 0 fully saturated rings. The van der Waals surface area contributed by atoms with Crippen LogP contribution in [-0.4, -0.2) is 28.0 Å². The number of carbonyl (C=O) groups is 1. The number of ether oxygens (including phenoxy) is 1. The summed E-state index contributed by atoms with van der Waals surface area (Å²) in [6.07, 6.45) is 7.10. The first-order valence-corrected chi connectivity index (χ1v) is 11.2. The van der Waals surface area contributed by atoms with Crippen LogP contribution in [0.2, 0.25) is 0 Å². The molecule has 0 spiro atoms. The van der Waals surface area contributed by atoms with Crippen molar-refractivity contribution in [2.24, 2.45) is 0 Å². The number of halogens is 1. The maximum atomic E-state index is 14.2. The van der Waals surface area contributed by atoms with Gasteiger partial charge >= 0.3 is 0 Å². The Kier molecular flexibility index (Phi) is 6.22. The summed E-state index contributed by atoms with van der Waals surface area (Å²) in [4.78, 5) is 26.9. The molecule has 0 radical (unpaired) electrons. The Hall–Kier alpha value is -4.52. The van der Waals surface area contributed by atoms with E-state index < -0.39 is 5.82 Å². The molecule has 0 aliphatic rings. The highest BCUT2D eigenvalue weighted by molar-refractivity contribution is 5.97. The van der Waals surface area contributed by atoms with Crippen LogP contribution < -0.4 is 9.64 Å². The van der Waals surface area contributed by atoms with E-state index in [4.69, 9.17) is 4.74 Å². The van der Waals surface area contributed by atoms with Gasteiger partial charge in [-0.05, 0) is 40.8 Å². The van der Waals surface area contributed by atoms with Crippen molar-refractivity contribution in [2.75, 3.05) is 12.0 Å². The Morgan fingerprint density at radius 1 is 1.06 bits per heavy atom. The number of hydrogen-bond donors (Lipinski definition) is 1. The maximum absolute atomic E-state index is 14.2. The highest BCUT2D eigenvalue weighted by Crippen LogP contribution is 2.26. The average Bonchev–Trinajstić information content (AvgIpc) is 3.42. The average molecular weight is 467 g/mol. The van der Waals surface area contributed by atoms with Crippen LogP contribution >= 0.6 is 0 Å². The zero-order valence-corrected chi connectivity index (χ0v) is 19.1. The number of anilines is 1. The van der Waals surface area contributed by atoms with Crippen molar-refractivity contribution in [3.8, 4) is 17.0 Å². The Labute approximate surface area is 202 Å². The van der Waals surface area contributed by atoms with E-state index in [1.807, 2.05) is 54.7 Å². The number of carbonyl (C=O) groups excluding carboxylic acids is 1. The summed E-state index contributed by atoms with van der Waals surface area (Å²) in [6.45, 7) is 0.187. The van der Waals surface area contributed by atoms with Gasteiger partial charge in [0.05, 0.1) is 32.1 Å². The number of amides is 1. The molecule has 5 aromatic rings. The number of aromatic amines is 1. The molecule has 2 heterocycles. The lowest BCUT2D eigenvalue weighted by Gasteiger charge is -2.24.